The fourth-order valence-corrected chi connectivity index (χ4v) is 3.74. The smallest absolute Gasteiger partial charge is 0.0794 e. The van der Waals surface area contributed by atoms with E-state index in [2.05, 4.69) is 15.2 Å². The molecule has 1 aromatic rings. The van der Waals surface area contributed by atoms with Gasteiger partial charge in [0, 0.05) is 42.8 Å². The second kappa shape index (κ2) is 4.43. The molecular weight excluding hydrogens is 218 g/mol. The standard InChI is InChI=1S/C12H19N3S/c1-2-4-12(3-1)9-15(6-5-14-12)8-11-7-13-10-16-11/h7,10,14H,1-6,8-9H2. The van der Waals surface area contributed by atoms with Crippen molar-refractivity contribution in [3.63, 3.8) is 0 Å². The second-order valence-electron chi connectivity index (χ2n) is 5.09. The molecular formula is C12H19N3S. The highest BCUT2D eigenvalue weighted by Gasteiger charge is 2.37. The monoisotopic (exact) mass is 237 g/mol. The summed E-state index contributed by atoms with van der Waals surface area (Å²) < 4.78 is 0. The van der Waals surface area contributed by atoms with Gasteiger partial charge in [-0.25, -0.2) is 0 Å². The predicted octanol–water partition coefficient (Wildman–Crippen LogP) is 1.86. The minimum absolute atomic E-state index is 0.447. The molecule has 1 aliphatic heterocycles. The molecule has 1 spiro atoms. The van der Waals surface area contributed by atoms with Gasteiger partial charge >= 0.3 is 0 Å². The molecule has 0 atom stereocenters. The highest BCUT2D eigenvalue weighted by Crippen LogP contribution is 2.32. The van der Waals surface area contributed by atoms with Crippen LogP contribution in [-0.4, -0.2) is 35.1 Å². The maximum absolute atomic E-state index is 4.15. The summed E-state index contributed by atoms with van der Waals surface area (Å²) in [7, 11) is 0. The number of hydrogen-bond acceptors (Lipinski definition) is 4. The summed E-state index contributed by atoms with van der Waals surface area (Å²) in [5.41, 5.74) is 2.38. The normalized spacial score (nSPS) is 25.2. The van der Waals surface area contributed by atoms with E-state index in [1.165, 1.54) is 43.6 Å². The Morgan fingerprint density at radius 1 is 1.44 bits per heavy atom. The molecule has 0 bridgehead atoms. The van der Waals surface area contributed by atoms with Gasteiger partial charge in [0.1, 0.15) is 0 Å². The molecule has 0 amide bonds. The van der Waals surface area contributed by atoms with Gasteiger partial charge in [-0.05, 0) is 12.8 Å². The van der Waals surface area contributed by atoms with Crippen molar-refractivity contribution in [2.75, 3.05) is 19.6 Å². The first-order valence-corrected chi connectivity index (χ1v) is 7.09. The summed E-state index contributed by atoms with van der Waals surface area (Å²) in [6, 6.07) is 0. The lowest BCUT2D eigenvalue weighted by Gasteiger charge is -2.41. The van der Waals surface area contributed by atoms with Crippen LogP contribution in [0.25, 0.3) is 0 Å². The highest BCUT2D eigenvalue weighted by atomic mass is 32.1. The Bertz CT molecular complexity index is 330. The molecule has 2 heterocycles. The van der Waals surface area contributed by atoms with Crippen LogP contribution >= 0.6 is 11.3 Å². The summed E-state index contributed by atoms with van der Waals surface area (Å²) in [6.07, 6.45) is 7.55. The van der Waals surface area contributed by atoms with Gasteiger partial charge in [0.05, 0.1) is 5.51 Å². The maximum atomic E-state index is 4.15. The number of nitrogens with zero attached hydrogens (tertiary/aromatic N) is 2. The van der Waals surface area contributed by atoms with E-state index >= 15 is 0 Å². The predicted molar refractivity (Wildman–Crippen MR) is 66.6 cm³/mol. The van der Waals surface area contributed by atoms with E-state index in [4.69, 9.17) is 0 Å². The molecule has 4 heteroatoms. The summed E-state index contributed by atoms with van der Waals surface area (Å²) >= 11 is 1.77. The van der Waals surface area contributed by atoms with Crippen LogP contribution in [0.15, 0.2) is 11.7 Å². The van der Waals surface area contributed by atoms with Gasteiger partial charge in [0.2, 0.25) is 0 Å². The molecule has 2 aliphatic rings. The van der Waals surface area contributed by atoms with Crippen molar-refractivity contribution < 1.29 is 0 Å². The van der Waals surface area contributed by atoms with Crippen LogP contribution in [0.3, 0.4) is 0 Å². The lowest BCUT2D eigenvalue weighted by atomic mass is 9.94. The molecule has 1 N–H and O–H groups in total. The molecule has 1 aromatic heterocycles. The third-order valence-corrected chi connectivity index (χ3v) is 4.64. The first-order valence-electron chi connectivity index (χ1n) is 6.21. The van der Waals surface area contributed by atoms with Crippen molar-refractivity contribution in [3.05, 3.63) is 16.6 Å². The fraction of sp³-hybridized carbons (Fsp3) is 0.750. The summed E-state index contributed by atoms with van der Waals surface area (Å²) in [5, 5.41) is 3.75. The molecule has 0 unspecified atom stereocenters. The van der Waals surface area contributed by atoms with Crippen LogP contribution in [0, 0.1) is 0 Å². The van der Waals surface area contributed by atoms with Gasteiger partial charge in [-0.15, -0.1) is 11.3 Å². The zero-order valence-corrected chi connectivity index (χ0v) is 10.4. The van der Waals surface area contributed by atoms with Gasteiger partial charge in [0.25, 0.3) is 0 Å². The average Bonchev–Trinajstić information content (AvgIpc) is 2.91. The lowest BCUT2D eigenvalue weighted by molar-refractivity contribution is 0.129. The molecule has 88 valence electrons. The average molecular weight is 237 g/mol. The zero-order valence-electron chi connectivity index (χ0n) is 9.61. The van der Waals surface area contributed by atoms with Crippen LogP contribution in [0.4, 0.5) is 0 Å². The third-order valence-electron chi connectivity index (χ3n) is 3.88. The fourth-order valence-electron chi connectivity index (χ4n) is 3.10. The van der Waals surface area contributed by atoms with Gasteiger partial charge in [0.15, 0.2) is 0 Å². The van der Waals surface area contributed by atoms with Crippen molar-refractivity contribution in [3.8, 4) is 0 Å². The Balaban J connectivity index is 1.63. The first kappa shape index (κ1) is 10.7. The number of piperazine rings is 1. The minimum atomic E-state index is 0.447. The van der Waals surface area contributed by atoms with Crippen LogP contribution in [0.5, 0.6) is 0 Å². The Hall–Kier alpha value is -0.450. The minimum Gasteiger partial charge on any atom is -0.309 e. The van der Waals surface area contributed by atoms with E-state index in [9.17, 15) is 0 Å². The molecule has 1 aliphatic carbocycles. The zero-order chi connectivity index (χ0) is 10.8. The SMILES string of the molecule is c1ncc(CN2CCNC3(CCCC3)C2)s1. The van der Waals surface area contributed by atoms with E-state index in [0.717, 1.165) is 13.1 Å². The largest absolute Gasteiger partial charge is 0.309 e. The van der Waals surface area contributed by atoms with Gasteiger partial charge in [-0.1, -0.05) is 12.8 Å². The van der Waals surface area contributed by atoms with E-state index in [1.807, 2.05) is 11.7 Å². The molecule has 2 fully saturated rings. The quantitative estimate of drug-likeness (QED) is 0.851. The van der Waals surface area contributed by atoms with Crippen molar-refractivity contribution in [2.45, 2.75) is 37.8 Å². The van der Waals surface area contributed by atoms with E-state index in [1.54, 1.807) is 11.3 Å². The van der Waals surface area contributed by atoms with Crippen LogP contribution in [0.1, 0.15) is 30.6 Å². The molecule has 1 saturated carbocycles. The van der Waals surface area contributed by atoms with E-state index in [0.29, 0.717) is 5.54 Å². The number of rotatable bonds is 2. The molecule has 0 aromatic carbocycles. The number of aromatic nitrogens is 1. The second-order valence-corrected chi connectivity index (χ2v) is 6.06. The molecule has 16 heavy (non-hydrogen) atoms. The lowest BCUT2D eigenvalue weighted by Crippen LogP contribution is -2.58. The maximum Gasteiger partial charge on any atom is 0.0794 e. The third kappa shape index (κ3) is 2.14. The van der Waals surface area contributed by atoms with Crippen molar-refractivity contribution in [1.82, 2.24) is 15.2 Å². The van der Waals surface area contributed by atoms with Gasteiger partial charge in [-0.3, -0.25) is 9.88 Å². The summed E-state index contributed by atoms with van der Waals surface area (Å²) in [5.74, 6) is 0. The molecule has 0 radical (unpaired) electrons. The number of nitrogens with one attached hydrogen (secondary N) is 1. The topological polar surface area (TPSA) is 28.2 Å². The van der Waals surface area contributed by atoms with Gasteiger partial charge < -0.3 is 5.32 Å². The Morgan fingerprint density at radius 3 is 3.06 bits per heavy atom. The van der Waals surface area contributed by atoms with Crippen LogP contribution in [0.2, 0.25) is 0 Å². The molecule has 1 saturated heterocycles. The van der Waals surface area contributed by atoms with Crippen molar-refractivity contribution >= 4 is 11.3 Å². The van der Waals surface area contributed by atoms with Crippen LogP contribution in [-0.2, 0) is 6.54 Å². The van der Waals surface area contributed by atoms with Crippen molar-refractivity contribution in [1.29, 1.82) is 0 Å². The first-order chi connectivity index (χ1) is 7.86. The van der Waals surface area contributed by atoms with Crippen LogP contribution < -0.4 is 5.32 Å². The highest BCUT2D eigenvalue weighted by molar-refractivity contribution is 7.09. The number of thiazole rings is 1. The summed E-state index contributed by atoms with van der Waals surface area (Å²) in [4.78, 5) is 8.14. The number of hydrogen-bond donors (Lipinski definition) is 1. The van der Waals surface area contributed by atoms with E-state index in [-0.39, 0.29) is 0 Å². The van der Waals surface area contributed by atoms with Crippen molar-refractivity contribution in [2.24, 2.45) is 0 Å². The Kier molecular flexibility index (Phi) is 2.96. The summed E-state index contributed by atoms with van der Waals surface area (Å²) in [6.45, 7) is 4.65. The van der Waals surface area contributed by atoms with E-state index < -0.39 is 0 Å². The van der Waals surface area contributed by atoms with Gasteiger partial charge in [-0.2, -0.15) is 0 Å². The Morgan fingerprint density at radius 2 is 2.31 bits per heavy atom. The molecule has 3 nitrogen and oxygen atoms in total. The Labute approximate surface area is 101 Å². The molecule has 3 rings (SSSR count).